The van der Waals surface area contributed by atoms with E-state index in [9.17, 15) is 9.59 Å². The Kier molecular flexibility index (Phi) is 24.8. The smallest absolute Gasteiger partial charge is 0.305 e. The summed E-state index contributed by atoms with van der Waals surface area (Å²) in [7, 11) is 1.63. The Bertz CT molecular complexity index is 421. The van der Waals surface area contributed by atoms with Crippen LogP contribution in [0, 0.1) is 0 Å². The molecule has 0 aliphatic heterocycles. The molecule has 0 bridgehead atoms. The number of carbonyl (C=O) groups is 2. The van der Waals surface area contributed by atoms with Gasteiger partial charge in [0.25, 0.3) is 0 Å². The molecular weight excluding hydrogens is 428 g/mol. The average Bonchev–Trinajstić information content (AvgIpc) is 2.77. The molecule has 0 atom stereocenters. The lowest BCUT2D eigenvalue weighted by Gasteiger charge is -2.08. The second kappa shape index (κ2) is 25.9. The summed E-state index contributed by atoms with van der Waals surface area (Å²) in [6.07, 6.45) is 1.27. The third kappa shape index (κ3) is 26.7. The largest absolute Gasteiger partial charge is 0.481 e. The Hall–Kier alpha value is -1.34. The van der Waals surface area contributed by atoms with Gasteiger partial charge in [0.15, 0.2) is 0 Å². The molecule has 0 rings (SSSR count). The predicted molar refractivity (Wildman–Crippen MR) is 114 cm³/mol. The number of carboxylic acids is 1. The number of hydrogen-bond donors (Lipinski definition) is 1. The first-order chi connectivity index (χ1) is 15.7. The molecule has 0 amide bonds. The van der Waals surface area contributed by atoms with Crippen LogP contribution in [0.25, 0.3) is 0 Å². The fraction of sp³-hybridized carbons (Fsp3) is 0.905. The van der Waals surface area contributed by atoms with Gasteiger partial charge in [-0.25, -0.2) is 0 Å². The Morgan fingerprint density at radius 2 is 0.875 bits per heavy atom. The van der Waals surface area contributed by atoms with E-state index in [1.807, 2.05) is 0 Å². The number of unbranched alkanes of at least 4 members (excludes halogenated alkanes) is 1. The van der Waals surface area contributed by atoms with Crippen LogP contribution >= 0.6 is 0 Å². The van der Waals surface area contributed by atoms with Crippen molar-refractivity contribution < 1.29 is 52.6 Å². The number of ether oxygens (including phenoxy) is 8. The highest BCUT2D eigenvalue weighted by Gasteiger charge is 2.04. The normalized spacial score (nSPS) is 11.0. The first kappa shape index (κ1) is 30.7. The summed E-state index contributed by atoms with van der Waals surface area (Å²) in [6.45, 7) is 6.47. The van der Waals surface area contributed by atoms with E-state index in [0.717, 1.165) is 0 Å². The summed E-state index contributed by atoms with van der Waals surface area (Å²) in [5, 5.41) is 8.50. The van der Waals surface area contributed by atoms with Gasteiger partial charge >= 0.3 is 11.9 Å². The maximum atomic E-state index is 11.4. The van der Waals surface area contributed by atoms with Crippen molar-refractivity contribution in [2.75, 3.05) is 99.6 Å². The van der Waals surface area contributed by atoms with E-state index in [2.05, 4.69) is 0 Å². The number of methoxy groups -OCH3 is 1. The van der Waals surface area contributed by atoms with E-state index in [1.54, 1.807) is 7.11 Å². The molecule has 0 spiro atoms. The van der Waals surface area contributed by atoms with Crippen molar-refractivity contribution >= 4 is 11.9 Å². The zero-order chi connectivity index (χ0) is 23.5. The second-order valence-corrected chi connectivity index (χ2v) is 6.49. The van der Waals surface area contributed by atoms with Gasteiger partial charge in [0.2, 0.25) is 0 Å². The lowest BCUT2D eigenvalue weighted by molar-refractivity contribution is -0.146. The molecule has 0 aliphatic carbocycles. The molecule has 1 N–H and O–H groups in total. The standard InChI is InChI=1S/C21H40O11/c1-25-6-7-26-8-9-27-10-11-28-12-13-29-14-15-30-16-17-31-18-19-32-21(24)5-3-2-4-20(22)23/h2-19H2,1H3,(H,22,23). The van der Waals surface area contributed by atoms with Crippen LogP contribution in [0.15, 0.2) is 0 Å². The maximum absolute atomic E-state index is 11.4. The fourth-order valence-electron chi connectivity index (χ4n) is 2.18. The molecule has 0 heterocycles. The van der Waals surface area contributed by atoms with Gasteiger partial charge in [-0.3, -0.25) is 9.59 Å². The monoisotopic (exact) mass is 468 g/mol. The van der Waals surface area contributed by atoms with E-state index in [-0.39, 0.29) is 25.4 Å². The molecule has 0 fully saturated rings. The molecule has 190 valence electrons. The minimum atomic E-state index is -0.858. The van der Waals surface area contributed by atoms with Crippen LogP contribution < -0.4 is 0 Å². The molecule has 0 aromatic carbocycles. The highest BCUT2D eigenvalue weighted by molar-refractivity contribution is 5.69. The van der Waals surface area contributed by atoms with Crippen molar-refractivity contribution in [2.24, 2.45) is 0 Å². The summed E-state index contributed by atoms with van der Waals surface area (Å²) >= 11 is 0. The molecular formula is C21H40O11. The van der Waals surface area contributed by atoms with Gasteiger partial charge in [-0.05, 0) is 12.8 Å². The second-order valence-electron chi connectivity index (χ2n) is 6.49. The molecule has 0 aliphatic rings. The van der Waals surface area contributed by atoms with Crippen LogP contribution in [-0.4, -0.2) is 117 Å². The first-order valence-corrected chi connectivity index (χ1v) is 11.0. The number of esters is 1. The van der Waals surface area contributed by atoms with Gasteiger partial charge in [0.1, 0.15) is 6.61 Å². The Morgan fingerprint density at radius 1 is 0.531 bits per heavy atom. The molecule has 11 heteroatoms. The molecule has 0 radical (unpaired) electrons. The summed E-state index contributed by atoms with van der Waals surface area (Å²) in [6, 6.07) is 0. The predicted octanol–water partition coefficient (Wildman–Crippen LogP) is 0.921. The van der Waals surface area contributed by atoms with E-state index in [0.29, 0.717) is 98.7 Å². The summed E-state index contributed by atoms with van der Waals surface area (Å²) in [5.74, 6) is -1.20. The third-order valence-corrected chi connectivity index (χ3v) is 3.80. The van der Waals surface area contributed by atoms with Gasteiger partial charge in [0, 0.05) is 20.0 Å². The first-order valence-electron chi connectivity index (χ1n) is 11.0. The summed E-state index contributed by atoms with van der Waals surface area (Å²) in [5.41, 5.74) is 0. The van der Waals surface area contributed by atoms with Gasteiger partial charge in [0.05, 0.1) is 85.9 Å². The van der Waals surface area contributed by atoms with Crippen molar-refractivity contribution in [1.82, 2.24) is 0 Å². The summed E-state index contributed by atoms with van der Waals surface area (Å²) < 4.78 is 41.9. The molecule has 0 aromatic rings. The Balaban J connectivity index is 3.10. The van der Waals surface area contributed by atoms with Crippen molar-refractivity contribution in [1.29, 1.82) is 0 Å². The van der Waals surface area contributed by atoms with Gasteiger partial charge < -0.3 is 43.0 Å². The fourth-order valence-corrected chi connectivity index (χ4v) is 2.18. The van der Waals surface area contributed by atoms with E-state index in [1.165, 1.54) is 0 Å². The number of carbonyl (C=O) groups excluding carboxylic acids is 1. The number of aliphatic carboxylic acids is 1. The number of carboxylic acid groups (broad SMARTS) is 1. The van der Waals surface area contributed by atoms with E-state index in [4.69, 9.17) is 43.0 Å². The van der Waals surface area contributed by atoms with Crippen molar-refractivity contribution in [3.8, 4) is 0 Å². The van der Waals surface area contributed by atoms with Crippen molar-refractivity contribution in [2.45, 2.75) is 25.7 Å². The summed E-state index contributed by atoms with van der Waals surface area (Å²) in [4.78, 5) is 21.8. The lowest BCUT2D eigenvalue weighted by Crippen LogP contribution is -2.15. The molecule has 0 saturated carbocycles. The van der Waals surface area contributed by atoms with E-state index < -0.39 is 5.97 Å². The van der Waals surface area contributed by atoms with Crippen LogP contribution in [-0.2, 0) is 47.5 Å². The van der Waals surface area contributed by atoms with Crippen LogP contribution in [0.5, 0.6) is 0 Å². The third-order valence-electron chi connectivity index (χ3n) is 3.80. The van der Waals surface area contributed by atoms with Crippen LogP contribution in [0.2, 0.25) is 0 Å². The lowest BCUT2D eigenvalue weighted by atomic mass is 10.2. The van der Waals surface area contributed by atoms with Crippen molar-refractivity contribution in [3.63, 3.8) is 0 Å². The zero-order valence-corrected chi connectivity index (χ0v) is 19.3. The molecule has 11 nitrogen and oxygen atoms in total. The van der Waals surface area contributed by atoms with Crippen LogP contribution in [0.3, 0.4) is 0 Å². The number of hydrogen-bond acceptors (Lipinski definition) is 10. The number of rotatable bonds is 26. The van der Waals surface area contributed by atoms with Crippen LogP contribution in [0.1, 0.15) is 25.7 Å². The highest BCUT2D eigenvalue weighted by Crippen LogP contribution is 2.01. The zero-order valence-electron chi connectivity index (χ0n) is 19.3. The van der Waals surface area contributed by atoms with Crippen molar-refractivity contribution in [3.05, 3.63) is 0 Å². The van der Waals surface area contributed by atoms with Gasteiger partial charge in [-0.2, -0.15) is 0 Å². The molecule has 0 unspecified atom stereocenters. The topological polar surface area (TPSA) is 128 Å². The molecule has 0 saturated heterocycles. The molecule has 32 heavy (non-hydrogen) atoms. The minimum absolute atomic E-state index is 0.0672. The molecule has 0 aromatic heterocycles. The quantitative estimate of drug-likeness (QED) is 0.144. The van der Waals surface area contributed by atoms with Crippen LogP contribution in [0.4, 0.5) is 0 Å². The Labute approximate surface area is 190 Å². The van der Waals surface area contributed by atoms with E-state index >= 15 is 0 Å². The Morgan fingerprint density at radius 3 is 1.25 bits per heavy atom. The van der Waals surface area contributed by atoms with Gasteiger partial charge in [-0.1, -0.05) is 0 Å². The highest BCUT2D eigenvalue weighted by atomic mass is 16.6. The maximum Gasteiger partial charge on any atom is 0.305 e. The minimum Gasteiger partial charge on any atom is -0.481 e. The van der Waals surface area contributed by atoms with Gasteiger partial charge in [-0.15, -0.1) is 0 Å². The SMILES string of the molecule is COCCOCCOCCOCCOCCOCCOCCOC(=O)CCCCC(=O)O. The average molecular weight is 469 g/mol.